The normalized spacial score (nSPS) is 20.1. The monoisotopic (exact) mass is 367 g/mol. The number of ether oxygens (including phenoxy) is 1. The van der Waals surface area contributed by atoms with Crippen LogP contribution < -0.4 is 15.1 Å². The zero-order chi connectivity index (χ0) is 18.6. The molecule has 0 aliphatic carbocycles. The van der Waals surface area contributed by atoms with Gasteiger partial charge >= 0.3 is 0 Å². The van der Waals surface area contributed by atoms with Gasteiger partial charge in [-0.15, -0.1) is 0 Å². The number of nitrogens with zero attached hydrogens (tertiary/aromatic N) is 4. The molecule has 1 aromatic carbocycles. The summed E-state index contributed by atoms with van der Waals surface area (Å²) in [5.74, 6) is 1.69. The van der Waals surface area contributed by atoms with Crippen LogP contribution in [-0.2, 0) is 4.74 Å². The van der Waals surface area contributed by atoms with E-state index in [9.17, 15) is 0 Å². The van der Waals surface area contributed by atoms with Gasteiger partial charge < -0.3 is 19.9 Å². The van der Waals surface area contributed by atoms with E-state index in [1.54, 1.807) is 0 Å². The Labute approximate surface area is 161 Å². The molecule has 27 heavy (non-hydrogen) atoms. The fourth-order valence-electron chi connectivity index (χ4n) is 3.88. The molecule has 6 heteroatoms. The molecule has 0 spiro atoms. The van der Waals surface area contributed by atoms with Crippen molar-refractivity contribution in [3.63, 3.8) is 0 Å². The van der Waals surface area contributed by atoms with Crippen molar-refractivity contribution in [2.24, 2.45) is 0 Å². The predicted octanol–water partition coefficient (Wildman–Crippen LogP) is 3.01. The number of hydrogen-bond acceptors (Lipinski definition) is 6. The Morgan fingerprint density at radius 2 is 1.93 bits per heavy atom. The second-order valence-electron chi connectivity index (χ2n) is 7.45. The second-order valence-corrected chi connectivity index (χ2v) is 7.45. The van der Waals surface area contributed by atoms with Crippen LogP contribution in [0, 0.1) is 13.8 Å². The number of piperazine rings is 1. The maximum Gasteiger partial charge on any atom is 0.224 e. The zero-order valence-electron chi connectivity index (χ0n) is 16.3. The molecule has 2 saturated heterocycles. The Morgan fingerprint density at radius 3 is 2.70 bits per heavy atom. The molecular weight excluding hydrogens is 338 g/mol. The van der Waals surface area contributed by atoms with E-state index in [2.05, 4.69) is 52.1 Å². The summed E-state index contributed by atoms with van der Waals surface area (Å²) in [6.45, 7) is 10.0. The van der Waals surface area contributed by atoms with Crippen LogP contribution in [0.2, 0.25) is 0 Å². The third-order valence-electron chi connectivity index (χ3n) is 5.67. The lowest BCUT2D eigenvalue weighted by Gasteiger charge is -2.37. The number of anilines is 3. The summed E-state index contributed by atoms with van der Waals surface area (Å²) >= 11 is 0. The van der Waals surface area contributed by atoms with Gasteiger partial charge in [-0.25, -0.2) is 4.98 Å². The Morgan fingerprint density at radius 1 is 1.11 bits per heavy atom. The van der Waals surface area contributed by atoms with E-state index in [0.29, 0.717) is 12.1 Å². The highest BCUT2D eigenvalue weighted by atomic mass is 16.5. The van der Waals surface area contributed by atoms with Crippen LogP contribution in [0.3, 0.4) is 0 Å². The highest BCUT2D eigenvalue weighted by Crippen LogP contribution is 2.25. The molecule has 1 atom stereocenters. The number of rotatable bonds is 5. The highest BCUT2D eigenvalue weighted by Gasteiger charge is 2.20. The molecule has 2 aliphatic rings. The quantitative estimate of drug-likeness (QED) is 0.877. The Hall–Kier alpha value is -2.34. The van der Waals surface area contributed by atoms with Crippen LogP contribution >= 0.6 is 0 Å². The molecule has 2 aromatic rings. The average molecular weight is 367 g/mol. The molecule has 4 rings (SSSR count). The second kappa shape index (κ2) is 8.13. The van der Waals surface area contributed by atoms with Crippen molar-refractivity contribution in [1.29, 1.82) is 0 Å². The molecule has 2 fully saturated rings. The van der Waals surface area contributed by atoms with E-state index in [1.807, 2.05) is 12.3 Å². The lowest BCUT2D eigenvalue weighted by atomic mass is 10.1. The lowest BCUT2D eigenvalue weighted by Crippen LogP contribution is -2.47. The average Bonchev–Trinajstić information content (AvgIpc) is 3.23. The molecule has 144 valence electrons. The predicted molar refractivity (Wildman–Crippen MR) is 110 cm³/mol. The van der Waals surface area contributed by atoms with Gasteiger partial charge in [0.25, 0.3) is 0 Å². The molecule has 3 heterocycles. The van der Waals surface area contributed by atoms with E-state index in [-0.39, 0.29) is 0 Å². The molecule has 0 amide bonds. The van der Waals surface area contributed by atoms with Crippen molar-refractivity contribution >= 4 is 17.5 Å². The molecule has 1 N–H and O–H groups in total. The third kappa shape index (κ3) is 4.16. The third-order valence-corrected chi connectivity index (χ3v) is 5.67. The maximum absolute atomic E-state index is 5.66. The minimum atomic E-state index is 0.290. The van der Waals surface area contributed by atoms with Crippen LogP contribution in [-0.4, -0.2) is 55.4 Å². The summed E-state index contributed by atoms with van der Waals surface area (Å²) in [4.78, 5) is 13.9. The van der Waals surface area contributed by atoms with Gasteiger partial charge in [-0.3, -0.25) is 0 Å². The lowest BCUT2D eigenvalue weighted by molar-refractivity contribution is 0.120. The van der Waals surface area contributed by atoms with E-state index in [4.69, 9.17) is 9.72 Å². The minimum Gasteiger partial charge on any atom is -0.376 e. The Balaban J connectivity index is 1.36. The standard InChI is InChI=1S/C21H29N5O/c1-16-5-3-7-19(17(16)2)25-10-12-26(13-11-25)20-8-9-22-21(24-20)23-15-18-6-4-14-27-18/h3,5,7-9,18H,4,6,10-15H2,1-2H3,(H,22,23,24). The molecule has 6 nitrogen and oxygen atoms in total. The zero-order valence-corrected chi connectivity index (χ0v) is 16.3. The summed E-state index contributed by atoms with van der Waals surface area (Å²) < 4.78 is 5.66. The molecule has 1 aromatic heterocycles. The van der Waals surface area contributed by atoms with Crippen molar-refractivity contribution in [3.8, 4) is 0 Å². The van der Waals surface area contributed by atoms with Crippen molar-refractivity contribution in [2.75, 3.05) is 54.4 Å². The summed E-state index contributed by atoms with van der Waals surface area (Å²) in [6, 6.07) is 8.57. The number of benzene rings is 1. The largest absolute Gasteiger partial charge is 0.376 e. The SMILES string of the molecule is Cc1cccc(N2CCN(c3ccnc(NCC4CCCO4)n3)CC2)c1C. The van der Waals surface area contributed by atoms with E-state index in [0.717, 1.165) is 58.0 Å². The van der Waals surface area contributed by atoms with Crippen molar-refractivity contribution < 1.29 is 4.74 Å². The summed E-state index contributed by atoms with van der Waals surface area (Å²) in [6.07, 6.45) is 4.40. The van der Waals surface area contributed by atoms with E-state index in [1.165, 1.54) is 16.8 Å². The number of hydrogen-bond donors (Lipinski definition) is 1. The van der Waals surface area contributed by atoms with Crippen LogP contribution in [0.15, 0.2) is 30.5 Å². The Kier molecular flexibility index (Phi) is 5.43. The van der Waals surface area contributed by atoms with Crippen LogP contribution in [0.25, 0.3) is 0 Å². The van der Waals surface area contributed by atoms with Crippen LogP contribution in [0.1, 0.15) is 24.0 Å². The maximum atomic E-state index is 5.66. The van der Waals surface area contributed by atoms with Gasteiger partial charge in [-0.05, 0) is 49.9 Å². The van der Waals surface area contributed by atoms with Gasteiger partial charge in [0.15, 0.2) is 0 Å². The molecular formula is C21H29N5O. The first kappa shape index (κ1) is 18.0. The molecule has 0 radical (unpaired) electrons. The number of nitrogens with one attached hydrogen (secondary N) is 1. The molecule has 2 aliphatic heterocycles. The summed E-state index contributed by atoms with van der Waals surface area (Å²) in [5.41, 5.74) is 4.09. The fourth-order valence-corrected chi connectivity index (χ4v) is 3.88. The Bertz CT molecular complexity index is 767. The van der Waals surface area contributed by atoms with Gasteiger partial charge in [0.05, 0.1) is 6.10 Å². The molecule has 0 bridgehead atoms. The topological polar surface area (TPSA) is 53.5 Å². The van der Waals surface area contributed by atoms with Gasteiger partial charge in [-0.1, -0.05) is 12.1 Å². The van der Waals surface area contributed by atoms with Crippen molar-refractivity contribution in [1.82, 2.24) is 9.97 Å². The first-order valence-electron chi connectivity index (χ1n) is 9.95. The first-order valence-corrected chi connectivity index (χ1v) is 9.95. The molecule has 0 saturated carbocycles. The van der Waals surface area contributed by atoms with Gasteiger partial charge in [0.1, 0.15) is 5.82 Å². The van der Waals surface area contributed by atoms with Crippen LogP contribution in [0.5, 0.6) is 0 Å². The van der Waals surface area contributed by atoms with Gasteiger partial charge in [0, 0.05) is 51.2 Å². The van der Waals surface area contributed by atoms with Crippen molar-refractivity contribution in [3.05, 3.63) is 41.6 Å². The van der Waals surface area contributed by atoms with Gasteiger partial charge in [0.2, 0.25) is 5.95 Å². The fraction of sp³-hybridized carbons (Fsp3) is 0.524. The number of aromatic nitrogens is 2. The highest BCUT2D eigenvalue weighted by molar-refractivity contribution is 5.57. The summed E-state index contributed by atoms with van der Waals surface area (Å²) in [5, 5.41) is 3.33. The van der Waals surface area contributed by atoms with Crippen LogP contribution in [0.4, 0.5) is 17.5 Å². The van der Waals surface area contributed by atoms with E-state index < -0.39 is 0 Å². The molecule has 1 unspecified atom stereocenters. The van der Waals surface area contributed by atoms with Crippen molar-refractivity contribution in [2.45, 2.75) is 32.8 Å². The summed E-state index contributed by atoms with van der Waals surface area (Å²) in [7, 11) is 0. The smallest absolute Gasteiger partial charge is 0.224 e. The first-order chi connectivity index (χ1) is 13.2. The van der Waals surface area contributed by atoms with E-state index >= 15 is 0 Å². The minimum absolute atomic E-state index is 0.290. The van der Waals surface area contributed by atoms with Gasteiger partial charge in [-0.2, -0.15) is 4.98 Å². The number of aryl methyl sites for hydroxylation is 1.